The summed E-state index contributed by atoms with van der Waals surface area (Å²) < 4.78 is 3.66. The molecule has 1 aromatic carbocycles. The molecule has 0 aliphatic heterocycles. The molecule has 5 nitrogen and oxygen atoms in total. The molecule has 0 radical (unpaired) electrons. The van der Waals surface area contributed by atoms with E-state index in [1.54, 1.807) is 17.8 Å². The molecule has 0 spiro atoms. The van der Waals surface area contributed by atoms with Crippen LogP contribution in [0.4, 0.5) is 0 Å². The van der Waals surface area contributed by atoms with Crippen LogP contribution >= 0.6 is 0 Å². The number of fused-ring (bicyclic) bond motifs is 1. The fourth-order valence-corrected chi connectivity index (χ4v) is 2.57. The summed E-state index contributed by atoms with van der Waals surface area (Å²) in [6.07, 6.45) is 0. The Morgan fingerprint density at radius 3 is 2.55 bits per heavy atom. The molecule has 0 saturated heterocycles. The van der Waals surface area contributed by atoms with Crippen molar-refractivity contribution in [2.45, 2.75) is 6.92 Å². The molecule has 0 saturated carbocycles. The topological polar surface area (TPSA) is 60.0 Å². The lowest BCUT2D eigenvalue weighted by Gasteiger charge is -2.04. The van der Waals surface area contributed by atoms with Gasteiger partial charge in [0.25, 0.3) is 0 Å². The van der Waals surface area contributed by atoms with E-state index in [1.807, 2.05) is 13.1 Å². The molecule has 0 aliphatic carbocycles. The first kappa shape index (κ1) is 12.5. The molecule has 0 bridgehead atoms. The van der Waals surface area contributed by atoms with Crippen molar-refractivity contribution in [1.82, 2.24) is 14.3 Å². The second kappa shape index (κ2) is 4.23. The van der Waals surface area contributed by atoms with E-state index in [-0.39, 0.29) is 5.69 Å². The standard InChI is InChI=1S/C15H15N3O2/c1-9-5-4-6-12-10(9)7-13(17(12)2)14-8-11(15(19)20)16-18(14)3/h4-8H,1-3H3,(H,19,20). The molecular weight excluding hydrogens is 254 g/mol. The highest BCUT2D eigenvalue weighted by Crippen LogP contribution is 2.29. The zero-order chi connectivity index (χ0) is 14.4. The Morgan fingerprint density at radius 2 is 1.95 bits per heavy atom. The van der Waals surface area contributed by atoms with Gasteiger partial charge >= 0.3 is 5.97 Å². The number of nitrogens with zero attached hydrogens (tertiary/aromatic N) is 3. The lowest BCUT2D eigenvalue weighted by molar-refractivity contribution is 0.0689. The lowest BCUT2D eigenvalue weighted by atomic mass is 10.1. The van der Waals surface area contributed by atoms with Crippen molar-refractivity contribution in [2.75, 3.05) is 0 Å². The highest BCUT2D eigenvalue weighted by atomic mass is 16.4. The summed E-state index contributed by atoms with van der Waals surface area (Å²) >= 11 is 0. The number of aromatic nitrogens is 3. The molecule has 102 valence electrons. The summed E-state index contributed by atoms with van der Waals surface area (Å²) in [5.41, 5.74) is 4.13. The van der Waals surface area contributed by atoms with E-state index < -0.39 is 5.97 Å². The number of carboxylic acids is 1. The number of aryl methyl sites for hydroxylation is 3. The predicted molar refractivity (Wildman–Crippen MR) is 76.8 cm³/mol. The number of carboxylic acid groups (broad SMARTS) is 1. The third-order valence-electron chi connectivity index (χ3n) is 3.67. The van der Waals surface area contributed by atoms with Crippen molar-refractivity contribution in [3.63, 3.8) is 0 Å². The van der Waals surface area contributed by atoms with Gasteiger partial charge in [0, 0.05) is 31.1 Å². The van der Waals surface area contributed by atoms with Crippen molar-refractivity contribution >= 4 is 16.9 Å². The number of rotatable bonds is 2. The quantitative estimate of drug-likeness (QED) is 0.778. The van der Waals surface area contributed by atoms with E-state index in [1.165, 1.54) is 10.9 Å². The minimum absolute atomic E-state index is 0.0597. The first-order valence-corrected chi connectivity index (χ1v) is 6.32. The number of benzene rings is 1. The van der Waals surface area contributed by atoms with Crippen LogP contribution in [0.25, 0.3) is 22.3 Å². The van der Waals surface area contributed by atoms with Gasteiger partial charge in [-0.15, -0.1) is 0 Å². The van der Waals surface area contributed by atoms with Crippen molar-refractivity contribution in [1.29, 1.82) is 0 Å². The summed E-state index contributed by atoms with van der Waals surface area (Å²) in [4.78, 5) is 11.0. The highest BCUT2D eigenvalue weighted by Gasteiger charge is 2.16. The van der Waals surface area contributed by atoms with Gasteiger partial charge in [-0.05, 0) is 24.6 Å². The third kappa shape index (κ3) is 1.71. The van der Waals surface area contributed by atoms with Crippen LogP contribution in [0, 0.1) is 6.92 Å². The molecule has 1 N–H and O–H groups in total. The van der Waals surface area contributed by atoms with Gasteiger partial charge in [-0.2, -0.15) is 5.10 Å². The van der Waals surface area contributed by atoms with Crippen LogP contribution in [0.3, 0.4) is 0 Å². The average molecular weight is 269 g/mol. The van der Waals surface area contributed by atoms with E-state index in [4.69, 9.17) is 5.11 Å². The smallest absolute Gasteiger partial charge is 0.356 e. The number of carbonyl (C=O) groups is 1. The fraction of sp³-hybridized carbons (Fsp3) is 0.200. The molecule has 20 heavy (non-hydrogen) atoms. The average Bonchev–Trinajstić information content (AvgIpc) is 2.93. The molecule has 0 fully saturated rings. The second-order valence-electron chi connectivity index (χ2n) is 4.94. The van der Waals surface area contributed by atoms with Crippen LogP contribution in [-0.4, -0.2) is 25.4 Å². The van der Waals surface area contributed by atoms with Gasteiger partial charge in [-0.1, -0.05) is 12.1 Å². The molecule has 5 heteroatoms. The molecule has 3 rings (SSSR count). The summed E-state index contributed by atoms with van der Waals surface area (Å²) in [6.45, 7) is 2.07. The van der Waals surface area contributed by atoms with E-state index >= 15 is 0 Å². The first-order valence-electron chi connectivity index (χ1n) is 6.32. The van der Waals surface area contributed by atoms with Gasteiger partial charge < -0.3 is 9.67 Å². The number of hydrogen-bond donors (Lipinski definition) is 1. The summed E-state index contributed by atoms with van der Waals surface area (Å²) in [6, 6.07) is 9.82. The van der Waals surface area contributed by atoms with Gasteiger partial charge in [0.1, 0.15) is 0 Å². The maximum absolute atomic E-state index is 11.0. The zero-order valence-corrected chi connectivity index (χ0v) is 11.6. The van der Waals surface area contributed by atoms with Crippen molar-refractivity contribution in [3.05, 3.63) is 41.6 Å². The molecule has 0 unspecified atom stereocenters. The van der Waals surface area contributed by atoms with Crippen LogP contribution in [0.2, 0.25) is 0 Å². The highest BCUT2D eigenvalue weighted by molar-refractivity contribution is 5.91. The van der Waals surface area contributed by atoms with Crippen LogP contribution in [0.5, 0.6) is 0 Å². The van der Waals surface area contributed by atoms with Gasteiger partial charge in [-0.25, -0.2) is 4.79 Å². The molecular formula is C15H15N3O2. The van der Waals surface area contributed by atoms with Crippen LogP contribution < -0.4 is 0 Å². The minimum atomic E-state index is -1.01. The first-order chi connectivity index (χ1) is 9.49. The Kier molecular flexibility index (Phi) is 2.64. The monoisotopic (exact) mass is 269 g/mol. The Bertz CT molecular complexity index is 827. The Morgan fingerprint density at radius 1 is 1.20 bits per heavy atom. The Labute approximate surface area is 116 Å². The molecule has 2 heterocycles. The number of aromatic carboxylic acids is 1. The van der Waals surface area contributed by atoms with E-state index in [0.717, 1.165) is 16.9 Å². The minimum Gasteiger partial charge on any atom is -0.476 e. The second-order valence-corrected chi connectivity index (χ2v) is 4.94. The van der Waals surface area contributed by atoms with E-state index in [0.29, 0.717) is 0 Å². The lowest BCUT2D eigenvalue weighted by Crippen LogP contribution is -2.00. The van der Waals surface area contributed by atoms with Gasteiger partial charge in [-0.3, -0.25) is 4.68 Å². The van der Waals surface area contributed by atoms with Crippen LogP contribution in [0.1, 0.15) is 16.1 Å². The van der Waals surface area contributed by atoms with Crippen LogP contribution in [0.15, 0.2) is 30.3 Å². The largest absolute Gasteiger partial charge is 0.476 e. The normalized spacial score (nSPS) is 11.2. The van der Waals surface area contributed by atoms with E-state index in [2.05, 4.69) is 34.8 Å². The van der Waals surface area contributed by atoms with Crippen molar-refractivity contribution in [3.8, 4) is 11.4 Å². The van der Waals surface area contributed by atoms with Gasteiger partial charge in [0.2, 0.25) is 0 Å². The number of hydrogen-bond acceptors (Lipinski definition) is 2. The van der Waals surface area contributed by atoms with Gasteiger partial charge in [0.05, 0.1) is 11.4 Å². The predicted octanol–water partition coefficient (Wildman–Crippen LogP) is 2.59. The summed E-state index contributed by atoms with van der Waals surface area (Å²) in [7, 11) is 3.73. The molecule has 3 aromatic rings. The van der Waals surface area contributed by atoms with Gasteiger partial charge in [0.15, 0.2) is 5.69 Å². The summed E-state index contributed by atoms with van der Waals surface area (Å²) in [5, 5.41) is 14.2. The molecule has 0 aliphatic rings. The Hall–Kier alpha value is -2.56. The molecule has 0 atom stereocenters. The zero-order valence-electron chi connectivity index (χ0n) is 11.6. The van der Waals surface area contributed by atoms with Crippen LogP contribution in [-0.2, 0) is 14.1 Å². The maximum atomic E-state index is 11.0. The van der Waals surface area contributed by atoms with E-state index in [9.17, 15) is 4.79 Å². The van der Waals surface area contributed by atoms with Crippen molar-refractivity contribution in [2.24, 2.45) is 14.1 Å². The summed E-state index contributed by atoms with van der Waals surface area (Å²) in [5.74, 6) is -1.01. The third-order valence-corrected chi connectivity index (χ3v) is 3.67. The van der Waals surface area contributed by atoms with Crippen molar-refractivity contribution < 1.29 is 9.90 Å². The molecule has 2 aromatic heterocycles. The molecule has 0 amide bonds. The maximum Gasteiger partial charge on any atom is 0.356 e. The fourth-order valence-electron chi connectivity index (χ4n) is 2.57. The Balaban J connectivity index is 2.27. The SMILES string of the molecule is Cc1cccc2c1cc(-c1cc(C(=O)O)nn1C)n2C.